The van der Waals surface area contributed by atoms with Crippen LogP contribution in [-0.2, 0) is 11.3 Å². The first-order valence-electron chi connectivity index (χ1n) is 12.4. The molecule has 0 aliphatic carbocycles. The average Bonchev–Trinajstić information content (AvgIpc) is 2.94. The monoisotopic (exact) mass is 620 g/mol. The van der Waals surface area contributed by atoms with Crippen molar-refractivity contribution in [3.63, 3.8) is 0 Å². The Bertz CT molecular complexity index is 1420. The molecule has 2 aromatic heterocycles. The lowest BCUT2D eigenvalue weighted by molar-refractivity contribution is -0.192. The fraction of sp³-hybridized carbons (Fsp3) is 0.440. The topological polar surface area (TPSA) is 131 Å². The molecule has 1 aromatic carbocycles. The van der Waals surface area contributed by atoms with Gasteiger partial charge in [0.15, 0.2) is 0 Å². The second-order valence-electron chi connectivity index (χ2n) is 8.74. The number of halogens is 5. The number of aliphatic carboxylic acids is 1. The Morgan fingerprint density at radius 2 is 1.68 bits per heavy atom. The lowest BCUT2D eigenvalue weighted by Gasteiger charge is -2.27. The highest BCUT2D eigenvalue weighted by Crippen LogP contribution is 2.46. The Morgan fingerprint density at radius 3 is 2.20 bits per heavy atom. The number of nitrogens with one attached hydrogen (secondary N) is 2. The van der Waals surface area contributed by atoms with Crippen molar-refractivity contribution in [3.05, 3.63) is 38.6 Å². The smallest absolute Gasteiger partial charge is 0.490 e. The van der Waals surface area contributed by atoms with Crippen molar-refractivity contribution in [2.24, 2.45) is 0 Å². The Hall–Kier alpha value is -3.33. The first-order chi connectivity index (χ1) is 19.4. The number of aromatic nitrogens is 3. The van der Waals surface area contributed by atoms with E-state index in [0.717, 1.165) is 39.1 Å². The van der Waals surface area contributed by atoms with Crippen molar-refractivity contribution in [2.45, 2.75) is 19.1 Å². The second kappa shape index (κ2) is 14.0. The highest BCUT2D eigenvalue weighted by atomic mass is 35.5. The molecule has 0 unspecified atom stereocenters. The van der Waals surface area contributed by atoms with Gasteiger partial charge in [0.1, 0.15) is 17.1 Å². The number of benzene rings is 1. The van der Waals surface area contributed by atoms with E-state index in [2.05, 4.69) is 25.5 Å². The second-order valence-corrected chi connectivity index (χ2v) is 9.49. The largest absolute Gasteiger partial charge is 0.495 e. The number of nitrogens with zero attached hydrogens (tertiary/aromatic N) is 4. The van der Waals surface area contributed by atoms with Gasteiger partial charge in [0.25, 0.3) is 5.56 Å². The average molecular weight is 621 g/mol. The summed E-state index contributed by atoms with van der Waals surface area (Å²) >= 11 is 13.4. The van der Waals surface area contributed by atoms with Gasteiger partial charge in [-0.3, -0.25) is 9.36 Å². The molecule has 0 spiro atoms. The number of carbonyl (C=O) groups is 1. The first kappa shape index (κ1) is 32.2. The molecular weight excluding hydrogens is 592 g/mol. The zero-order chi connectivity index (χ0) is 30.3. The summed E-state index contributed by atoms with van der Waals surface area (Å²) in [6.45, 7) is 5.43. The van der Waals surface area contributed by atoms with Crippen molar-refractivity contribution in [1.82, 2.24) is 24.8 Å². The van der Waals surface area contributed by atoms with Gasteiger partial charge in [0.2, 0.25) is 5.95 Å². The van der Waals surface area contributed by atoms with Gasteiger partial charge in [-0.1, -0.05) is 23.2 Å². The number of hydrogen-bond donors (Lipinski definition) is 3. The first-order valence-corrected chi connectivity index (χ1v) is 13.1. The normalized spacial score (nSPS) is 13.9. The molecule has 11 nitrogen and oxygen atoms in total. The van der Waals surface area contributed by atoms with Crippen LogP contribution in [0.1, 0.15) is 6.42 Å². The van der Waals surface area contributed by atoms with Gasteiger partial charge in [0.05, 0.1) is 30.0 Å². The fourth-order valence-corrected chi connectivity index (χ4v) is 4.84. The van der Waals surface area contributed by atoms with E-state index in [1.165, 1.54) is 20.3 Å². The minimum Gasteiger partial charge on any atom is -0.495 e. The summed E-state index contributed by atoms with van der Waals surface area (Å²) in [5.74, 6) is -1.61. The highest BCUT2D eigenvalue weighted by molar-refractivity contribution is 6.41. The quantitative estimate of drug-likeness (QED) is 0.342. The number of piperazine rings is 1. The van der Waals surface area contributed by atoms with Crippen LogP contribution in [0.15, 0.2) is 23.0 Å². The summed E-state index contributed by atoms with van der Waals surface area (Å²) in [6.07, 6.45) is -4.26. The van der Waals surface area contributed by atoms with E-state index in [4.69, 9.17) is 42.6 Å². The van der Waals surface area contributed by atoms with Gasteiger partial charge in [-0.05, 0) is 19.0 Å². The van der Waals surface area contributed by atoms with Crippen LogP contribution in [-0.4, -0.2) is 90.7 Å². The van der Waals surface area contributed by atoms with Crippen molar-refractivity contribution < 1.29 is 32.5 Å². The predicted octanol–water partition coefficient (Wildman–Crippen LogP) is 3.75. The summed E-state index contributed by atoms with van der Waals surface area (Å²) in [4.78, 5) is 33.4. The maximum absolute atomic E-state index is 12.9. The molecule has 0 atom stereocenters. The zero-order valence-electron chi connectivity index (χ0n) is 22.4. The van der Waals surface area contributed by atoms with E-state index in [9.17, 15) is 18.0 Å². The maximum atomic E-state index is 12.9. The summed E-state index contributed by atoms with van der Waals surface area (Å²) in [6, 6.07) is 4.86. The van der Waals surface area contributed by atoms with Crippen LogP contribution < -0.4 is 25.7 Å². The van der Waals surface area contributed by atoms with Gasteiger partial charge >= 0.3 is 12.1 Å². The number of ether oxygens (including phenoxy) is 2. The van der Waals surface area contributed by atoms with Gasteiger partial charge in [0, 0.05) is 62.9 Å². The number of rotatable bonds is 8. The Labute approximate surface area is 243 Å². The zero-order valence-corrected chi connectivity index (χ0v) is 24.0. The molecule has 3 N–H and O–H groups in total. The van der Waals surface area contributed by atoms with Crippen LogP contribution in [0.2, 0.25) is 10.0 Å². The number of alkyl halides is 3. The lowest BCUT2D eigenvalue weighted by Crippen LogP contribution is -2.44. The van der Waals surface area contributed by atoms with Crippen molar-refractivity contribution in [2.75, 3.05) is 59.3 Å². The number of hydrogen-bond acceptors (Lipinski definition) is 9. The summed E-state index contributed by atoms with van der Waals surface area (Å²) in [7, 11) is 4.76. The van der Waals surface area contributed by atoms with Gasteiger partial charge in [-0.2, -0.15) is 18.2 Å². The summed E-state index contributed by atoms with van der Waals surface area (Å²) in [5, 5.41) is 14.7. The van der Waals surface area contributed by atoms with E-state index in [1.807, 2.05) is 0 Å². The molecule has 16 heteroatoms. The number of fused-ring (bicyclic) bond motifs is 1. The van der Waals surface area contributed by atoms with E-state index in [-0.39, 0.29) is 5.56 Å². The van der Waals surface area contributed by atoms with Gasteiger partial charge in [-0.25, -0.2) is 9.78 Å². The summed E-state index contributed by atoms with van der Waals surface area (Å²) < 4.78 is 44.3. The van der Waals surface area contributed by atoms with E-state index in [1.54, 1.807) is 23.7 Å². The number of carboxylic acid groups (broad SMARTS) is 1. The number of anilines is 1. The van der Waals surface area contributed by atoms with E-state index >= 15 is 0 Å². The van der Waals surface area contributed by atoms with Crippen LogP contribution in [0.25, 0.3) is 22.3 Å². The molecule has 4 rings (SSSR count). The number of pyridine rings is 1. The molecule has 1 fully saturated rings. The molecule has 1 saturated heterocycles. The third-order valence-corrected chi connectivity index (χ3v) is 6.93. The molecule has 1 aliphatic rings. The van der Waals surface area contributed by atoms with Crippen molar-refractivity contribution in [1.29, 1.82) is 0 Å². The molecule has 3 heterocycles. The van der Waals surface area contributed by atoms with E-state index in [0.29, 0.717) is 56.3 Å². The molecule has 0 amide bonds. The van der Waals surface area contributed by atoms with Crippen LogP contribution in [0.5, 0.6) is 11.5 Å². The Balaban J connectivity index is 0.000000587. The summed E-state index contributed by atoms with van der Waals surface area (Å²) in [5.41, 5.74) is 1.32. The highest BCUT2D eigenvalue weighted by Gasteiger charge is 2.38. The van der Waals surface area contributed by atoms with Crippen LogP contribution in [0.4, 0.5) is 19.1 Å². The molecule has 0 bridgehead atoms. The minimum atomic E-state index is -5.08. The molecule has 224 valence electrons. The van der Waals surface area contributed by atoms with Crippen LogP contribution in [0.3, 0.4) is 0 Å². The predicted molar refractivity (Wildman–Crippen MR) is 150 cm³/mol. The Morgan fingerprint density at radius 1 is 1.10 bits per heavy atom. The standard InChI is InChI=1S/C23H28Cl2N6O3.C2HF3O2/c1-26-23-28-21(18-19(24)15(33-2)13-16(34-3)20(18)25)14-5-6-17(32)31(22(14)29-23)10-4-9-30-11-7-27-8-12-30;3-2(4,5)1(6)7/h5-6,13,27H,4,7-12H2,1-3H3,(H,26,28,29);(H,6,7). The molecule has 1 aliphatic heterocycles. The third-order valence-electron chi connectivity index (χ3n) is 6.18. The minimum absolute atomic E-state index is 0.125. The molecule has 0 radical (unpaired) electrons. The van der Waals surface area contributed by atoms with Crippen molar-refractivity contribution in [3.8, 4) is 22.8 Å². The number of methoxy groups -OCH3 is 2. The van der Waals surface area contributed by atoms with Crippen LogP contribution >= 0.6 is 23.2 Å². The number of aryl methyl sites for hydroxylation is 1. The maximum Gasteiger partial charge on any atom is 0.490 e. The molecule has 0 saturated carbocycles. The molecule has 3 aromatic rings. The Kier molecular flexibility index (Phi) is 11.0. The molecule has 41 heavy (non-hydrogen) atoms. The fourth-order valence-electron chi connectivity index (χ4n) is 4.16. The number of carboxylic acids is 1. The van der Waals surface area contributed by atoms with E-state index < -0.39 is 12.1 Å². The van der Waals surface area contributed by atoms with Crippen LogP contribution in [0, 0.1) is 0 Å². The van der Waals surface area contributed by atoms with Crippen molar-refractivity contribution >= 4 is 46.2 Å². The third kappa shape index (κ3) is 7.70. The SMILES string of the molecule is CNc1nc(-c2c(Cl)c(OC)cc(OC)c2Cl)c2ccc(=O)n(CCCN3CCNCC3)c2n1.O=C(O)C(F)(F)F. The molecular formula is C25H29Cl2F3N6O5. The van der Waals surface area contributed by atoms with Gasteiger partial charge in [-0.15, -0.1) is 0 Å². The lowest BCUT2D eigenvalue weighted by atomic mass is 10.1. The van der Waals surface area contributed by atoms with Gasteiger partial charge < -0.3 is 30.1 Å².